The highest BCUT2D eigenvalue weighted by molar-refractivity contribution is 4.76. The van der Waals surface area contributed by atoms with Crippen molar-refractivity contribution >= 4 is 0 Å². The highest BCUT2D eigenvalue weighted by Gasteiger charge is 2.20. The van der Waals surface area contributed by atoms with Crippen LogP contribution in [-0.2, 0) is 0 Å². The van der Waals surface area contributed by atoms with Crippen molar-refractivity contribution in [3.8, 4) is 0 Å². The summed E-state index contributed by atoms with van der Waals surface area (Å²) in [7, 11) is 0. The van der Waals surface area contributed by atoms with Crippen LogP contribution in [0.3, 0.4) is 0 Å². The van der Waals surface area contributed by atoms with Crippen molar-refractivity contribution < 1.29 is 5.11 Å². The first-order chi connectivity index (χ1) is 7.41. The third-order valence-electron chi connectivity index (χ3n) is 3.35. The maximum absolute atomic E-state index is 10.2. The zero-order valence-corrected chi connectivity index (χ0v) is 11.8. The van der Waals surface area contributed by atoms with Gasteiger partial charge < -0.3 is 10.4 Å². The molecule has 0 aromatic rings. The molecule has 0 fully saturated rings. The topological polar surface area (TPSA) is 32.3 Å². The summed E-state index contributed by atoms with van der Waals surface area (Å²) in [6.07, 6.45) is 4.43. The Kier molecular flexibility index (Phi) is 8.04. The van der Waals surface area contributed by atoms with Crippen LogP contribution in [0.4, 0.5) is 0 Å². The Hall–Kier alpha value is -0.0800. The van der Waals surface area contributed by atoms with Crippen molar-refractivity contribution in [2.45, 2.75) is 65.9 Å². The highest BCUT2D eigenvalue weighted by Crippen LogP contribution is 2.15. The highest BCUT2D eigenvalue weighted by atomic mass is 16.3. The molecule has 0 heterocycles. The van der Waals surface area contributed by atoms with E-state index in [4.69, 9.17) is 0 Å². The maximum atomic E-state index is 10.2. The van der Waals surface area contributed by atoms with E-state index in [1.807, 2.05) is 6.92 Å². The fourth-order valence-electron chi connectivity index (χ4n) is 1.81. The molecule has 0 aliphatic carbocycles. The second-order valence-electron chi connectivity index (χ2n) is 5.74. The number of hydrogen-bond acceptors (Lipinski definition) is 2. The van der Waals surface area contributed by atoms with Crippen LogP contribution in [0, 0.1) is 11.8 Å². The van der Waals surface area contributed by atoms with E-state index in [2.05, 4.69) is 33.0 Å². The first kappa shape index (κ1) is 15.9. The maximum Gasteiger partial charge on any atom is 0.0743 e. The van der Waals surface area contributed by atoms with E-state index in [0.29, 0.717) is 5.92 Å². The molecule has 1 unspecified atom stereocenters. The predicted molar refractivity (Wildman–Crippen MR) is 71.6 cm³/mol. The average Bonchev–Trinajstić information content (AvgIpc) is 2.22. The van der Waals surface area contributed by atoms with Gasteiger partial charge >= 0.3 is 0 Å². The van der Waals surface area contributed by atoms with Gasteiger partial charge in [-0.2, -0.15) is 0 Å². The standard InChI is InChI=1S/C14H31NO/c1-6-13(7-2)10-15-11-14(5,16)9-8-12(3)4/h12-13,15-16H,6-11H2,1-5H3. The second-order valence-corrected chi connectivity index (χ2v) is 5.74. The summed E-state index contributed by atoms with van der Waals surface area (Å²) in [5, 5.41) is 13.6. The molecule has 0 aromatic heterocycles. The van der Waals surface area contributed by atoms with Gasteiger partial charge in [0.1, 0.15) is 0 Å². The Morgan fingerprint density at radius 3 is 2.19 bits per heavy atom. The minimum absolute atomic E-state index is 0.545. The second kappa shape index (κ2) is 8.08. The molecule has 0 aliphatic rings. The molecule has 0 bridgehead atoms. The Labute approximate surface area is 102 Å². The molecule has 0 spiro atoms. The van der Waals surface area contributed by atoms with Crippen molar-refractivity contribution in [1.82, 2.24) is 5.32 Å². The lowest BCUT2D eigenvalue weighted by Crippen LogP contribution is -2.39. The van der Waals surface area contributed by atoms with Gasteiger partial charge in [0.05, 0.1) is 5.60 Å². The van der Waals surface area contributed by atoms with Gasteiger partial charge in [-0.15, -0.1) is 0 Å². The lowest BCUT2D eigenvalue weighted by molar-refractivity contribution is 0.0445. The Balaban J connectivity index is 3.72. The van der Waals surface area contributed by atoms with Gasteiger partial charge in [0.2, 0.25) is 0 Å². The van der Waals surface area contributed by atoms with Gasteiger partial charge in [-0.1, -0.05) is 40.5 Å². The van der Waals surface area contributed by atoms with E-state index in [0.717, 1.165) is 31.8 Å². The zero-order valence-electron chi connectivity index (χ0n) is 11.8. The van der Waals surface area contributed by atoms with Crippen LogP contribution >= 0.6 is 0 Å². The predicted octanol–water partition coefficient (Wildman–Crippen LogP) is 3.20. The van der Waals surface area contributed by atoms with E-state index in [1.54, 1.807) is 0 Å². The molecular weight excluding hydrogens is 198 g/mol. The average molecular weight is 229 g/mol. The van der Waals surface area contributed by atoms with Gasteiger partial charge in [-0.05, 0) is 38.1 Å². The van der Waals surface area contributed by atoms with Crippen molar-refractivity contribution in [2.75, 3.05) is 13.1 Å². The van der Waals surface area contributed by atoms with Gasteiger partial charge in [-0.25, -0.2) is 0 Å². The summed E-state index contributed by atoms with van der Waals surface area (Å²) in [6.45, 7) is 12.6. The SMILES string of the molecule is CCC(CC)CNCC(C)(O)CCC(C)C. The minimum Gasteiger partial charge on any atom is -0.389 e. The van der Waals surface area contributed by atoms with Crippen LogP contribution in [0.1, 0.15) is 60.3 Å². The van der Waals surface area contributed by atoms with Crippen LogP contribution in [0.5, 0.6) is 0 Å². The van der Waals surface area contributed by atoms with E-state index >= 15 is 0 Å². The van der Waals surface area contributed by atoms with Gasteiger partial charge in [-0.3, -0.25) is 0 Å². The van der Waals surface area contributed by atoms with Crippen LogP contribution in [0.2, 0.25) is 0 Å². The summed E-state index contributed by atoms with van der Waals surface area (Å²) < 4.78 is 0. The molecule has 98 valence electrons. The Bertz CT molecular complexity index is 162. The first-order valence-electron chi connectivity index (χ1n) is 6.84. The van der Waals surface area contributed by atoms with Gasteiger partial charge in [0, 0.05) is 6.54 Å². The molecule has 0 saturated heterocycles. The van der Waals surface area contributed by atoms with E-state index in [1.165, 1.54) is 12.8 Å². The van der Waals surface area contributed by atoms with E-state index in [-0.39, 0.29) is 0 Å². The summed E-state index contributed by atoms with van der Waals surface area (Å²) in [6, 6.07) is 0. The summed E-state index contributed by atoms with van der Waals surface area (Å²) >= 11 is 0. The summed E-state index contributed by atoms with van der Waals surface area (Å²) in [5.41, 5.74) is -0.545. The largest absolute Gasteiger partial charge is 0.389 e. The normalized spacial score (nSPS) is 15.8. The zero-order chi connectivity index (χ0) is 12.6. The van der Waals surface area contributed by atoms with Crippen LogP contribution in [-0.4, -0.2) is 23.8 Å². The molecule has 2 N–H and O–H groups in total. The van der Waals surface area contributed by atoms with Crippen molar-refractivity contribution in [3.63, 3.8) is 0 Å². The fourth-order valence-corrected chi connectivity index (χ4v) is 1.81. The quantitative estimate of drug-likeness (QED) is 0.636. The molecule has 0 saturated carbocycles. The molecule has 0 rings (SSSR count). The lowest BCUT2D eigenvalue weighted by Gasteiger charge is -2.25. The number of rotatable bonds is 9. The van der Waals surface area contributed by atoms with Crippen LogP contribution in [0.15, 0.2) is 0 Å². The number of hydrogen-bond donors (Lipinski definition) is 2. The fraction of sp³-hybridized carbons (Fsp3) is 1.00. The molecule has 0 aliphatic heterocycles. The third-order valence-corrected chi connectivity index (χ3v) is 3.35. The molecule has 16 heavy (non-hydrogen) atoms. The molecular formula is C14H31NO. The Morgan fingerprint density at radius 2 is 1.75 bits per heavy atom. The lowest BCUT2D eigenvalue weighted by atomic mass is 9.95. The Morgan fingerprint density at radius 1 is 1.19 bits per heavy atom. The van der Waals surface area contributed by atoms with E-state index < -0.39 is 5.60 Å². The van der Waals surface area contributed by atoms with Gasteiger partial charge in [0.15, 0.2) is 0 Å². The third kappa shape index (κ3) is 8.12. The number of nitrogens with one attached hydrogen (secondary N) is 1. The summed E-state index contributed by atoms with van der Waals surface area (Å²) in [5.74, 6) is 1.42. The molecule has 0 amide bonds. The molecule has 0 radical (unpaired) electrons. The molecule has 2 nitrogen and oxygen atoms in total. The molecule has 1 atom stereocenters. The summed E-state index contributed by atoms with van der Waals surface area (Å²) in [4.78, 5) is 0. The van der Waals surface area contributed by atoms with Gasteiger partial charge in [0.25, 0.3) is 0 Å². The monoisotopic (exact) mass is 229 g/mol. The van der Waals surface area contributed by atoms with Crippen LogP contribution in [0.25, 0.3) is 0 Å². The first-order valence-corrected chi connectivity index (χ1v) is 6.84. The van der Waals surface area contributed by atoms with E-state index in [9.17, 15) is 5.11 Å². The molecule has 2 heteroatoms. The molecule has 0 aromatic carbocycles. The minimum atomic E-state index is -0.545. The smallest absolute Gasteiger partial charge is 0.0743 e. The van der Waals surface area contributed by atoms with Crippen molar-refractivity contribution in [3.05, 3.63) is 0 Å². The van der Waals surface area contributed by atoms with Crippen LogP contribution < -0.4 is 5.32 Å². The van der Waals surface area contributed by atoms with Crippen molar-refractivity contribution in [1.29, 1.82) is 0 Å². The van der Waals surface area contributed by atoms with Crippen molar-refractivity contribution in [2.24, 2.45) is 11.8 Å². The number of aliphatic hydroxyl groups is 1.